The topological polar surface area (TPSA) is 88.2 Å². The van der Waals surface area contributed by atoms with Gasteiger partial charge in [0.25, 0.3) is 0 Å². The van der Waals surface area contributed by atoms with Gasteiger partial charge in [0, 0.05) is 0 Å². The first-order valence-electron chi connectivity index (χ1n) is 4.47. The summed E-state index contributed by atoms with van der Waals surface area (Å²) in [7, 11) is 3.65. The summed E-state index contributed by atoms with van der Waals surface area (Å²) in [6, 6.07) is 0. The molecule has 0 bridgehead atoms. The van der Waals surface area contributed by atoms with Crippen LogP contribution in [0.15, 0.2) is 0 Å². The molecule has 0 aliphatic heterocycles. The average molecular weight is 208 g/mol. The van der Waals surface area contributed by atoms with Gasteiger partial charge in [-0.05, 0) is 14.1 Å². The van der Waals surface area contributed by atoms with Crippen molar-refractivity contribution in [3.63, 3.8) is 0 Å². The van der Waals surface area contributed by atoms with Crippen molar-refractivity contribution in [1.29, 1.82) is 0 Å². The zero-order chi connectivity index (χ0) is 11.0. The Hall–Kier alpha value is -0.240. The minimum absolute atomic E-state index is 0.107. The van der Waals surface area contributed by atoms with Gasteiger partial charge >= 0.3 is 0 Å². The minimum Gasteiger partial charge on any atom is -0.394 e. The number of nitrogens with zero attached hydrogens (tertiary/aromatic N) is 1. The number of ether oxygens (including phenoxy) is 2. The Morgan fingerprint density at radius 3 is 1.86 bits per heavy atom. The van der Waals surface area contributed by atoms with Crippen LogP contribution >= 0.6 is 0 Å². The summed E-state index contributed by atoms with van der Waals surface area (Å²) in [5.74, 6) is -1.27. The summed E-state index contributed by atoms with van der Waals surface area (Å²) < 4.78 is 10.3. The second kappa shape index (κ2) is 7.10. The second-order valence-corrected chi connectivity index (χ2v) is 3.19. The molecule has 14 heavy (non-hydrogen) atoms. The molecule has 0 amide bonds. The molecular formula is C8H20N2O4. The fourth-order valence-electron chi connectivity index (χ4n) is 1.01. The first kappa shape index (κ1) is 13.8. The average Bonchev–Trinajstić information content (AvgIpc) is 2.11. The van der Waals surface area contributed by atoms with Gasteiger partial charge < -0.3 is 24.6 Å². The van der Waals surface area contributed by atoms with Crippen molar-refractivity contribution in [2.24, 2.45) is 5.73 Å². The van der Waals surface area contributed by atoms with Crippen molar-refractivity contribution in [3.8, 4) is 0 Å². The minimum atomic E-state index is -1.27. The highest BCUT2D eigenvalue weighted by Crippen LogP contribution is 2.06. The molecule has 4 N–H and O–H groups in total. The molecule has 0 aromatic carbocycles. The summed E-state index contributed by atoms with van der Waals surface area (Å²) in [5, 5.41) is 17.2. The summed E-state index contributed by atoms with van der Waals surface area (Å²) in [6.45, 7) is 0.336. The van der Waals surface area contributed by atoms with E-state index >= 15 is 0 Å². The molecule has 0 saturated carbocycles. The number of likely N-dealkylation sites (N-methyl/N-ethyl adjacent to an activating group) is 1. The third-order valence-electron chi connectivity index (χ3n) is 1.41. The summed E-state index contributed by atoms with van der Waals surface area (Å²) >= 11 is 0. The lowest BCUT2D eigenvalue weighted by molar-refractivity contribution is -0.245. The molecule has 0 aliphatic carbocycles. The monoisotopic (exact) mass is 208 g/mol. The molecule has 6 heteroatoms. The zero-order valence-electron chi connectivity index (χ0n) is 8.77. The number of hydrogen-bond donors (Lipinski definition) is 3. The van der Waals surface area contributed by atoms with Crippen LogP contribution in [0.2, 0.25) is 0 Å². The normalized spacial score (nSPS) is 12.4. The Kier molecular flexibility index (Phi) is 6.98. The fourth-order valence-corrected chi connectivity index (χ4v) is 1.01. The van der Waals surface area contributed by atoms with Crippen molar-refractivity contribution in [2.45, 2.75) is 5.91 Å². The molecule has 0 saturated heterocycles. The molecule has 0 unspecified atom stereocenters. The largest absolute Gasteiger partial charge is 0.394 e. The number of aliphatic hydroxyl groups is 2. The molecular weight excluding hydrogens is 188 g/mol. The first-order valence-corrected chi connectivity index (χ1v) is 4.47. The Bertz CT molecular complexity index is 135. The van der Waals surface area contributed by atoms with E-state index in [0.717, 1.165) is 0 Å². The number of hydrogen-bond acceptors (Lipinski definition) is 6. The number of aliphatic hydroxyl groups excluding tert-OH is 2. The molecule has 0 aliphatic rings. The van der Waals surface area contributed by atoms with E-state index < -0.39 is 5.91 Å². The van der Waals surface area contributed by atoms with Crippen LogP contribution in [-0.4, -0.2) is 68.1 Å². The third-order valence-corrected chi connectivity index (χ3v) is 1.41. The van der Waals surface area contributed by atoms with Crippen LogP contribution in [-0.2, 0) is 9.47 Å². The van der Waals surface area contributed by atoms with Crippen LogP contribution in [0.4, 0.5) is 0 Å². The Labute approximate surface area is 84.2 Å². The SMILES string of the molecule is CN(C)CC(N)(OCCO)OCCO. The maximum absolute atomic E-state index is 8.59. The van der Waals surface area contributed by atoms with Gasteiger partial charge in [-0.3, -0.25) is 5.73 Å². The van der Waals surface area contributed by atoms with E-state index in [0.29, 0.717) is 6.54 Å². The number of rotatable bonds is 8. The Morgan fingerprint density at radius 2 is 1.57 bits per heavy atom. The quantitative estimate of drug-likeness (QED) is 0.407. The fraction of sp³-hybridized carbons (Fsp3) is 1.00. The highest BCUT2D eigenvalue weighted by molar-refractivity contribution is 4.64. The van der Waals surface area contributed by atoms with E-state index in [-0.39, 0.29) is 26.4 Å². The standard InChI is InChI=1S/C8H20N2O4/c1-10(2)7-8(9,13-5-3-11)14-6-4-12/h11-12H,3-7,9H2,1-2H3. The van der Waals surface area contributed by atoms with Crippen molar-refractivity contribution in [3.05, 3.63) is 0 Å². The van der Waals surface area contributed by atoms with Gasteiger partial charge in [0.15, 0.2) is 0 Å². The van der Waals surface area contributed by atoms with E-state index in [1.165, 1.54) is 0 Å². The van der Waals surface area contributed by atoms with Gasteiger partial charge in [0.2, 0.25) is 5.91 Å². The molecule has 0 aromatic rings. The molecule has 0 radical (unpaired) electrons. The first-order chi connectivity index (χ1) is 6.54. The van der Waals surface area contributed by atoms with Crippen LogP contribution in [0.1, 0.15) is 0 Å². The van der Waals surface area contributed by atoms with E-state index in [9.17, 15) is 0 Å². The van der Waals surface area contributed by atoms with Gasteiger partial charge in [-0.25, -0.2) is 0 Å². The molecule has 0 heterocycles. The summed E-state index contributed by atoms with van der Waals surface area (Å²) in [5.41, 5.74) is 5.76. The van der Waals surface area contributed by atoms with Crippen molar-refractivity contribution >= 4 is 0 Å². The van der Waals surface area contributed by atoms with Gasteiger partial charge in [-0.15, -0.1) is 0 Å². The van der Waals surface area contributed by atoms with Crippen molar-refractivity contribution in [2.75, 3.05) is 47.1 Å². The summed E-state index contributed by atoms with van der Waals surface area (Å²) in [6.07, 6.45) is 0. The van der Waals surface area contributed by atoms with Gasteiger partial charge in [-0.1, -0.05) is 0 Å². The van der Waals surface area contributed by atoms with E-state index in [2.05, 4.69) is 0 Å². The zero-order valence-corrected chi connectivity index (χ0v) is 8.77. The van der Waals surface area contributed by atoms with Crippen LogP contribution < -0.4 is 5.73 Å². The lowest BCUT2D eigenvalue weighted by Gasteiger charge is -2.31. The van der Waals surface area contributed by atoms with Crippen LogP contribution in [0, 0.1) is 0 Å². The van der Waals surface area contributed by atoms with Gasteiger partial charge in [0.1, 0.15) is 0 Å². The lowest BCUT2D eigenvalue weighted by atomic mass is 10.4. The number of nitrogens with two attached hydrogens (primary N) is 1. The van der Waals surface area contributed by atoms with Crippen LogP contribution in [0.3, 0.4) is 0 Å². The second-order valence-electron chi connectivity index (χ2n) is 3.19. The lowest BCUT2D eigenvalue weighted by Crippen LogP contribution is -2.53. The molecule has 0 aromatic heterocycles. The van der Waals surface area contributed by atoms with Crippen molar-refractivity contribution < 1.29 is 19.7 Å². The van der Waals surface area contributed by atoms with E-state index in [4.69, 9.17) is 25.4 Å². The molecule has 0 atom stereocenters. The predicted octanol–water partition coefficient (Wildman–Crippen LogP) is -1.82. The maximum atomic E-state index is 8.59. The maximum Gasteiger partial charge on any atom is 0.238 e. The van der Waals surface area contributed by atoms with E-state index in [1.54, 1.807) is 4.90 Å². The predicted molar refractivity (Wildman–Crippen MR) is 51.5 cm³/mol. The highest BCUT2D eigenvalue weighted by atomic mass is 16.7. The highest BCUT2D eigenvalue weighted by Gasteiger charge is 2.27. The molecule has 86 valence electrons. The molecule has 0 fully saturated rings. The summed E-state index contributed by atoms with van der Waals surface area (Å²) in [4.78, 5) is 1.80. The van der Waals surface area contributed by atoms with Crippen LogP contribution in [0.5, 0.6) is 0 Å². The smallest absolute Gasteiger partial charge is 0.238 e. The van der Waals surface area contributed by atoms with E-state index in [1.807, 2.05) is 14.1 Å². The molecule has 6 nitrogen and oxygen atoms in total. The third kappa shape index (κ3) is 6.25. The van der Waals surface area contributed by atoms with Crippen LogP contribution in [0.25, 0.3) is 0 Å². The van der Waals surface area contributed by atoms with Gasteiger partial charge in [-0.2, -0.15) is 0 Å². The van der Waals surface area contributed by atoms with Crippen molar-refractivity contribution in [1.82, 2.24) is 4.90 Å². The molecule has 0 rings (SSSR count). The Morgan fingerprint density at radius 1 is 1.14 bits per heavy atom. The van der Waals surface area contributed by atoms with Gasteiger partial charge in [0.05, 0.1) is 33.0 Å². The molecule has 0 spiro atoms. The Balaban J connectivity index is 4.03.